The molecule has 1 fully saturated rings. The fraction of sp³-hybridized carbons (Fsp3) is 0.250. The van der Waals surface area contributed by atoms with Crippen molar-refractivity contribution in [3.63, 3.8) is 0 Å². The highest BCUT2D eigenvalue weighted by atomic mass is 19.1. The molecule has 7 rings (SSSR count). The van der Waals surface area contributed by atoms with Gasteiger partial charge in [-0.05, 0) is 97.9 Å². The molecule has 0 saturated carbocycles. The first kappa shape index (κ1) is 23.9. The van der Waals surface area contributed by atoms with E-state index in [-0.39, 0.29) is 5.82 Å². The number of rotatable bonds is 6. The fourth-order valence-corrected chi connectivity index (χ4v) is 6.07. The molecular weight excluding hydrogens is 489 g/mol. The lowest BCUT2D eigenvalue weighted by molar-refractivity contribution is 0.215. The minimum absolute atomic E-state index is 0.226. The molecule has 1 aliphatic rings. The smallest absolute Gasteiger partial charge is 0.157 e. The van der Waals surface area contributed by atoms with Gasteiger partial charge in [-0.25, -0.2) is 14.1 Å². The van der Waals surface area contributed by atoms with Gasteiger partial charge in [-0.15, -0.1) is 0 Å². The second-order valence-electron chi connectivity index (χ2n) is 10.5. The van der Waals surface area contributed by atoms with E-state index in [1.807, 2.05) is 37.6 Å². The highest BCUT2D eigenvalue weighted by Gasteiger charge is 2.25. The number of aromatic nitrogens is 4. The lowest BCUT2D eigenvalue weighted by Crippen LogP contribution is -2.34. The number of benzene rings is 3. The number of para-hydroxylation sites is 1. The number of piperidine rings is 1. The molecule has 6 aromatic rings. The van der Waals surface area contributed by atoms with Crippen molar-refractivity contribution in [2.75, 3.05) is 19.6 Å². The van der Waals surface area contributed by atoms with E-state index < -0.39 is 0 Å². The number of hydrogen-bond donors (Lipinski definition) is 0. The molecule has 1 aliphatic heterocycles. The molecular formula is C32H30FN5O. The van der Waals surface area contributed by atoms with Crippen LogP contribution in [0, 0.1) is 5.82 Å². The van der Waals surface area contributed by atoms with Gasteiger partial charge in [-0.2, -0.15) is 5.10 Å². The molecule has 6 nitrogen and oxygen atoms in total. The van der Waals surface area contributed by atoms with Gasteiger partial charge in [-0.3, -0.25) is 0 Å². The summed E-state index contributed by atoms with van der Waals surface area (Å²) in [7, 11) is 1.92. The van der Waals surface area contributed by atoms with E-state index in [9.17, 15) is 4.39 Å². The van der Waals surface area contributed by atoms with Crippen LogP contribution in [0.15, 0.2) is 89.9 Å². The Morgan fingerprint density at radius 3 is 2.59 bits per heavy atom. The maximum atomic E-state index is 13.7. The van der Waals surface area contributed by atoms with Crippen LogP contribution in [0.2, 0.25) is 0 Å². The van der Waals surface area contributed by atoms with Crippen molar-refractivity contribution in [1.82, 2.24) is 24.2 Å². The van der Waals surface area contributed by atoms with Gasteiger partial charge in [0.05, 0.1) is 11.8 Å². The van der Waals surface area contributed by atoms with Crippen molar-refractivity contribution in [3.05, 3.63) is 102 Å². The van der Waals surface area contributed by atoms with Crippen LogP contribution >= 0.6 is 0 Å². The molecule has 39 heavy (non-hydrogen) atoms. The molecule has 0 spiro atoms. The first-order chi connectivity index (χ1) is 19.1. The molecule has 1 saturated heterocycles. The van der Waals surface area contributed by atoms with Crippen LogP contribution in [0.4, 0.5) is 4.39 Å². The third-order valence-corrected chi connectivity index (χ3v) is 8.20. The summed E-state index contributed by atoms with van der Waals surface area (Å²) in [6.45, 7) is 3.16. The van der Waals surface area contributed by atoms with E-state index >= 15 is 0 Å². The lowest BCUT2D eigenvalue weighted by Gasteiger charge is -2.32. The first-order valence-electron chi connectivity index (χ1n) is 13.6. The maximum absolute atomic E-state index is 13.7. The molecule has 3 aromatic carbocycles. The zero-order valence-corrected chi connectivity index (χ0v) is 21.9. The predicted molar refractivity (Wildman–Crippen MR) is 152 cm³/mol. The van der Waals surface area contributed by atoms with Crippen LogP contribution < -0.4 is 0 Å². The quantitative estimate of drug-likeness (QED) is 0.245. The molecule has 0 atom stereocenters. The zero-order valence-electron chi connectivity index (χ0n) is 21.9. The highest BCUT2D eigenvalue weighted by Crippen LogP contribution is 2.37. The third-order valence-electron chi connectivity index (χ3n) is 8.20. The predicted octanol–water partition coefficient (Wildman–Crippen LogP) is 6.73. The number of furan rings is 1. The molecule has 3 aromatic heterocycles. The van der Waals surface area contributed by atoms with E-state index in [2.05, 4.69) is 56.1 Å². The Morgan fingerprint density at radius 1 is 0.974 bits per heavy atom. The molecule has 0 N–H and O–H groups in total. The summed E-state index contributed by atoms with van der Waals surface area (Å²) in [5, 5.41) is 6.71. The summed E-state index contributed by atoms with van der Waals surface area (Å²) >= 11 is 0. The summed E-state index contributed by atoms with van der Waals surface area (Å²) in [5.41, 5.74) is 6.72. The molecule has 0 amide bonds. The summed E-state index contributed by atoms with van der Waals surface area (Å²) in [5.74, 6) is 1.07. The number of fused-ring (bicyclic) bond motifs is 2. The maximum Gasteiger partial charge on any atom is 0.157 e. The number of halogens is 1. The summed E-state index contributed by atoms with van der Waals surface area (Å²) in [6, 6.07) is 21.5. The van der Waals surface area contributed by atoms with Gasteiger partial charge in [-0.1, -0.05) is 18.2 Å². The number of nitrogens with zero attached hydrogens (tertiary/aromatic N) is 5. The SMILES string of the molecule is Cn1ncnc1-c1ccc2c(c1)c(C1CCN(CCc3coc4ccccc34)CC1)cn2-c1ccc(F)cc1. The molecule has 196 valence electrons. The van der Waals surface area contributed by atoms with Gasteiger partial charge >= 0.3 is 0 Å². The monoisotopic (exact) mass is 519 g/mol. The summed E-state index contributed by atoms with van der Waals surface area (Å²) in [6.07, 6.45) is 8.96. The van der Waals surface area contributed by atoms with Gasteiger partial charge in [0.1, 0.15) is 17.7 Å². The lowest BCUT2D eigenvalue weighted by atomic mass is 9.88. The minimum Gasteiger partial charge on any atom is -0.464 e. The summed E-state index contributed by atoms with van der Waals surface area (Å²) in [4.78, 5) is 7.04. The van der Waals surface area contributed by atoms with Gasteiger partial charge in [0.25, 0.3) is 0 Å². The van der Waals surface area contributed by atoms with Gasteiger partial charge in [0.15, 0.2) is 5.82 Å². The van der Waals surface area contributed by atoms with E-state index in [4.69, 9.17) is 4.42 Å². The molecule has 4 heterocycles. The molecule has 7 heteroatoms. The number of aryl methyl sites for hydroxylation is 1. The first-order valence-corrected chi connectivity index (χ1v) is 13.6. The normalized spacial score (nSPS) is 15.0. The Hall–Kier alpha value is -4.23. The zero-order chi connectivity index (χ0) is 26.3. The minimum atomic E-state index is -0.226. The Balaban J connectivity index is 1.15. The molecule has 0 radical (unpaired) electrons. The Bertz CT molecular complexity index is 1750. The molecule has 0 aliphatic carbocycles. The van der Waals surface area contributed by atoms with E-state index in [1.165, 1.54) is 34.0 Å². The van der Waals surface area contributed by atoms with Crippen molar-refractivity contribution in [2.24, 2.45) is 7.05 Å². The Labute approximate surface area is 226 Å². The number of likely N-dealkylation sites (tertiary alicyclic amines) is 1. The van der Waals surface area contributed by atoms with Crippen LogP contribution in [0.25, 0.3) is 38.9 Å². The van der Waals surface area contributed by atoms with Crippen LogP contribution in [-0.2, 0) is 13.5 Å². The van der Waals surface area contributed by atoms with Gasteiger partial charge in [0, 0.05) is 41.8 Å². The topological polar surface area (TPSA) is 52.0 Å². The third kappa shape index (κ3) is 4.42. The highest BCUT2D eigenvalue weighted by molar-refractivity contribution is 5.89. The van der Waals surface area contributed by atoms with Crippen molar-refractivity contribution in [2.45, 2.75) is 25.2 Å². The molecule has 0 unspecified atom stereocenters. The van der Waals surface area contributed by atoms with E-state index in [1.54, 1.807) is 11.0 Å². The Kier molecular flexibility index (Phi) is 6.01. The largest absolute Gasteiger partial charge is 0.464 e. The van der Waals surface area contributed by atoms with Crippen LogP contribution in [0.1, 0.15) is 29.9 Å². The van der Waals surface area contributed by atoms with Crippen molar-refractivity contribution >= 4 is 21.9 Å². The number of hydrogen-bond acceptors (Lipinski definition) is 4. The standard InChI is InChI=1S/C32H30FN5O/c1-36-32(34-21-35-36)23-6-11-30-28(18-23)29(19-38(30)26-9-7-25(33)8-10-26)22-12-15-37(16-13-22)17-14-24-20-39-31-5-3-2-4-27(24)31/h2-11,18-22H,12-17H2,1H3. The van der Waals surface area contributed by atoms with Gasteiger partial charge in [0.2, 0.25) is 0 Å². The second-order valence-corrected chi connectivity index (χ2v) is 10.5. The van der Waals surface area contributed by atoms with Crippen LogP contribution in [0.3, 0.4) is 0 Å². The average molecular weight is 520 g/mol. The Morgan fingerprint density at radius 2 is 1.79 bits per heavy atom. The van der Waals surface area contributed by atoms with E-state index in [0.717, 1.165) is 67.1 Å². The molecule has 0 bridgehead atoms. The van der Waals surface area contributed by atoms with Crippen LogP contribution in [-0.4, -0.2) is 43.9 Å². The van der Waals surface area contributed by atoms with E-state index in [0.29, 0.717) is 5.92 Å². The fourth-order valence-electron chi connectivity index (χ4n) is 6.07. The van der Waals surface area contributed by atoms with Crippen molar-refractivity contribution < 1.29 is 8.81 Å². The van der Waals surface area contributed by atoms with Crippen molar-refractivity contribution in [1.29, 1.82) is 0 Å². The van der Waals surface area contributed by atoms with Crippen LogP contribution in [0.5, 0.6) is 0 Å². The summed E-state index contributed by atoms with van der Waals surface area (Å²) < 4.78 is 23.4. The van der Waals surface area contributed by atoms with Crippen molar-refractivity contribution in [3.8, 4) is 17.1 Å². The van der Waals surface area contributed by atoms with Gasteiger partial charge < -0.3 is 13.9 Å². The second kappa shape index (κ2) is 9.82. The average Bonchev–Trinajstić information content (AvgIpc) is 3.69.